The quantitative estimate of drug-likeness (QED) is 0.303. The van der Waals surface area contributed by atoms with Crippen LogP contribution in [0.3, 0.4) is 0 Å². The lowest BCUT2D eigenvalue weighted by atomic mass is 10.1. The number of benzene rings is 3. The van der Waals surface area contributed by atoms with Crippen molar-refractivity contribution in [3.05, 3.63) is 99.2 Å². The number of carbonyl (C=O) groups excluding carboxylic acids is 2. The van der Waals surface area contributed by atoms with E-state index in [1.54, 1.807) is 30.3 Å². The molecule has 34 heavy (non-hydrogen) atoms. The van der Waals surface area contributed by atoms with Gasteiger partial charge in [-0.1, -0.05) is 65.7 Å². The first-order valence-electron chi connectivity index (χ1n) is 10.7. The van der Waals surface area contributed by atoms with E-state index in [9.17, 15) is 9.59 Å². The van der Waals surface area contributed by atoms with Gasteiger partial charge in [-0.3, -0.25) is 9.69 Å². The molecule has 0 unspecified atom stereocenters. The Labute approximate surface area is 207 Å². The summed E-state index contributed by atoms with van der Waals surface area (Å²) in [4.78, 5) is 26.4. The van der Waals surface area contributed by atoms with Gasteiger partial charge in [-0.05, 0) is 54.0 Å². The van der Waals surface area contributed by atoms with Gasteiger partial charge in [-0.15, -0.1) is 0 Å². The van der Waals surface area contributed by atoms with Crippen LogP contribution in [-0.2, 0) is 17.9 Å². The van der Waals surface area contributed by atoms with Crippen molar-refractivity contribution in [2.75, 3.05) is 6.61 Å². The Morgan fingerprint density at radius 3 is 2.38 bits per heavy atom. The molecule has 0 saturated carbocycles. The summed E-state index contributed by atoms with van der Waals surface area (Å²) in [7, 11) is 0. The van der Waals surface area contributed by atoms with Crippen molar-refractivity contribution in [1.82, 2.24) is 10.2 Å². The number of hydrogen-bond donors (Lipinski definition) is 1. The maximum absolute atomic E-state index is 12.8. The molecule has 1 saturated heterocycles. The van der Waals surface area contributed by atoms with E-state index in [0.717, 1.165) is 16.0 Å². The summed E-state index contributed by atoms with van der Waals surface area (Å²) in [6.45, 7) is 2.71. The summed E-state index contributed by atoms with van der Waals surface area (Å²) in [5.74, 6) is 0.424. The van der Waals surface area contributed by atoms with Crippen LogP contribution in [0.2, 0.25) is 10.0 Å². The van der Waals surface area contributed by atoms with Crippen LogP contribution < -0.4 is 14.8 Å². The number of ether oxygens (including phenoxy) is 2. The molecule has 0 aliphatic carbocycles. The van der Waals surface area contributed by atoms with E-state index in [0.29, 0.717) is 33.7 Å². The number of hydrogen-bond acceptors (Lipinski definition) is 4. The molecule has 1 heterocycles. The molecule has 1 aliphatic heterocycles. The number of nitrogens with zero attached hydrogens (tertiary/aromatic N) is 1. The molecular formula is C26H22Cl2N2O4. The third-order valence-corrected chi connectivity index (χ3v) is 5.62. The SMILES string of the molecule is CCOc1cc(/C=C2/NC(=O)N(Cc3ccccc3)C2=O)cc(Cl)c1OCc1ccc(Cl)cc1. The molecule has 0 bridgehead atoms. The predicted octanol–water partition coefficient (Wildman–Crippen LogP) is 6.06. The lowest BCUT2D eigenvalue weighted by Gasteiger charge is -2.15. The van der Waals surface area contributed by atoms with E-state index < -0.39 is 11.9 Å². The van der Waals surface area contributed by atoms with Crippen LogP contribution in [0.5, 0.6) is 11.5 Å². The Morgan fingerprint density at radius 2 is 1.68 bits per heavy atom. The summed E-state index contributed by atoms with van der Waals surface area (Å²) in [6.07, 6.45) is 1.57. The van der Waals surface area contributed by atoms with Crippen LogP contribution in [0.15, 0.2) is 72.4 Å². The third-order valence-electron chi connectivity index (χ3n) is 5.08. The van der Waals surface area contributed by atoms with Gasteiger partial charge < -0.3 is 14.8 Å². The fourth-order valence-electron chi connectivity index (χ4n) is 3.46. The molecule has 0 spiro atoms. The fraction of sp³-hybridized carbons (Fsp3) is 0.154. The highest BCUT2D eigenvalue weighted by Crippen LogP contribution is 2.38. The van der Waals surface area contributed by atoms with Gasteiger partial charge in [0.05, 0.1) is 18.2 Å². The summed E-state index contributed by atoms with van der Waals surface area (Å²) in [5.41, 5.74) is 2.54. The second-order valence-corrected chi connectivity index (χ2v) is 8.39. The zero-order valence-corrected chi connectivity index (χ0v) is 19.9. The maximum atomic E-state index is 12.8. The van der Waals surface area contributed by atoms with Crippen LogP contribution in [0.4, 0.5) is 4.79 Å². The molecule has 3 amide bonds. The number of amides is 3. The zero-order chi connectivity index (χ0) is 24.1. The predicted molar refractivity (Wildman–Crippen MR) is 132 cm³/mol. The highest BCUT2D eigenvalue weighted by molar-refractivity contribution is 6.32. The first kappa shape index (κ1) is 23.7. The van der Waals surface area contributed by atoms with Gasteiger partial charge in [0.1, 0.15) is 12.3 Å². The molecule has 4 rings (SSSR count). The molecule has 6 nitrogen and oxygen atoms in total. The number of carbonyl (C=O) groups is 2. The average Bonchev–Trinajstić information content (AvgIpc) is 3.08. The highest BCUT2D eigenvalue weighted by atomic mass is 35.5. The van der Waals surface area contributed by atoms with E-state index in [1.807, 2.05) is 49.4 Å². The largest absolute Gasteiger partial charge is 0.490 e. The topological polar surface area (TPSA) is 67.9 Å². The molecule has 174 valence electrons. The lowest BCUT2D eigenvalue weighted by Crippen LogP contribution is -2.30. The van der Waals surface area contributed by atoms with Crippen LogP contribution >= 0.6 is 23.2 Å². The molecule has 8 heteroatoms. The average molecular weight is 497 g/mol. The van der Waals surface area contributed by atoms with Gasteiger partial charge in [0.2, 0.25) is 0 Å². The minimum Gasteiger partial charge on any atom is -0.490 e. The zero-order valence-electron chi connectivity index (χ0n) is 18.4. The molecule has 0 atom stereocenters. The van der Waals surface area contributed by atoms with Gasteiger partial charge in [-0.25, -0.2) is 4.79 Å². The molecule has 1 fully saturated rings. The minimum absolute atomic E-state index is 0.161. The number of imide groups is 1. The van der Waals surface area contributed by atoms with Gasteiger partial charge in [0.15, 0.2) is 11.5 Å². The number of nitrogens with one attached hydrogen (secondary N) is 1. The Kier molecular flexibility index (Phi) is 7.40. The summed E-state index contributed by atoms with van der Waals surface area (Å²) >= 11 is 12.4. The van der Waals surface area contributed by atoms with Gasteiger partial charge in [0.25, 0.3) is 5.91 Å². The molecular weight excluding hydrogens is 475 g/mol. The van der Waals surface area contributed by atoms with Crippen molar-refractivity contribution < 1.29 is 19.1 Å². The molecule has 3 aromatic carbocycles. The molecule has 1 aliphatic rings. The highest BCUT2D eigenvalue weighted by Gasteiger charge is 2.33. The second-order valence-electron chi connectivity index (χ2n) is 7.54. The maximum Gasteiger partial charge on any atom is 0.329 e. The molecule has 3 aromatic rings. The van der Waals surface area contributed by atoms with Crippen molar-refractivity contribution in [2.45, 2.75) is 20.1 Å². The Balaban J connectivity index is 1.55. The smallest absolute Gasteiger partial charge is 0.329 e. The number of rotatable bonds is 8. The van der Waals surface area contributed by atoms with E-state index in [2.05, 4.69) is 5.32 Å². The number of halogens is 2. The van der Waals surface area contributed by atoms with Gasteiger partial charge in [-0.2, -0.15) is 0 Å². The summed E-state index contributed by atoms with van der Waals surface area (Å²) in [6, 6.07) is 19.5. The lowest BCUT2D eigenvalue weighted by molar-refractivity contribution is -0.123. The van der Waals surface area contributed by atoms with Crippen LogP contribution in [0, 0.1) is 0 Å². The van der Waals surface area contributed by atoms with E-state index in [-0.39, 0.29) is 18.8 Å². The Hall–Kier alpha value is -3.48. The summed E-state index contributed by atoms with van der Waals surface area (Å²) < 4.78 is 11.7. The summed E-state index contributed by atoms with van der Waals surface area (Å²) in [5, 5.41) is 3.60. The monoisotopic (exact) mass is 496 g/mol. The van der Waals surface area contributed by atoms with E-state index in [4.69, 9.17) is 32.7 Å². The number of urea groups is 1. The van der Waals surface area contributed by atoms with Gasteiger partial charge in [0, 0.05) is 5.02 Å². The Morgan fingerprint density at radius 1 is 0.941 bits per heavy atom. The van der Waals surface area contributed by atoms with Crippen LogP contribution in [0.25, 0.3) is 6.08 Å². The molecule has 0 aromatic heterocycles. The van der Waals surface area contributed by atoms with E-state index >= 15 is 0 Å². The van der Waals surface area contributed by atoms with Gasteiger partial charge >= 0.3 is 6.03 Å². The Bertz CT molecular complexity index is 1230. The van der Waals surface area contributed by atoms with Crippen molar-refractivity contribution in [3.63, 3.8) is 0 Å². The van der Waals surface area contributed by atoms with Crippen molar-refractivity contribution in [2.24, 2.45) is 0 Å². The van der Waals surface area contributed by atoms with Crippen LogP contribution in [-0.4, -0.2) is 23.4 Å². The first-order chi connectivity index (χ1) is 16.4. The van der Waals surface area contributed by atoms with Crippen molar-refractivity contribution in [1.29, 1.82) is 0 Å². The standard InChI is InChI=1S/C26H22Cl2N2O4/c1-2-33-23-14-19(12-21(28)24(23)34-16-18-8-10-20(27)11-9-18)13-22-25(31)30(26(32)29-22)15-17-6-4-3-5-7-17/h3-14H,2,15-16H2,1H3,(H,29,32)/b22-13+. The molecule has 0 radical (unpaired) electrons. The minimum atomic E-state index is -0.473. The first-order valence-corrected chi connectivity index (χ1v) is 11.4. The fourth-order valence-corrected chi connectivity index (χ4v) is 3.86. The normalized spacial score (nSPS) is 14.4. The third kappa shape index (κ3) is 5.53. The molecule has 1 N–H and O–H groups in total. The van der Waals surface area contributed by atoms with Crippen molar-refractivity contribution >= 4 is 41.2 Å². The van der Waals surface area contributed by atoms with Crippen LogP contribution in [0.1, 0.15) is 23.6 Å². The second kappa shape index (κ2) is 10.6. The van der Waals surface area contributed by atoms with Crippen molar-refractivity contribution in [3.8, 4) is 11.5 Å². The van der Waals surface area contributed by atoms with E-state index in [1.165, 1.54) is 0 Å².